The average Bonchev–Trinajstić information content (AvgIpc) is 2.03. The summed E-state index contributed by atoms with van der Waals surface area (Å²) in [5.74, 6) is 0. The summed E-state index contributed by atoms with van der Waals surface area (Å²) in [5, 5.41) is 9.17. The Morgan fingerprint density at radius 3 is 2.53 bits per heavy atom. The van der Waals surface area contributed by atoms with Crippen LogP contribution < -0.4 is 0 Å². The average molecular weight is 239 g/mol. The quantitative estimate of drug-likeness (QED) is 0.716. The van der Waals surface area contributed by atoms with E-state index in [2.05, 4.69) is 20.8 Å². The van der Waals surface area contributed by atoms with Crippen molar-refractivity contribution in [1.29, 1.82) is 0 Å². The van der Waals surface area contributed by atoms with Gasteiger partial charge in [-0.3, -0.25) is 0 Å². The van der Waals surface area contributed by atoms with E-state index in [1.807, 2.05) is 0 Å². The van der Waals surface area contributed by atoms with E-state index in [4.69, 9.17) is 4.74 Å². The van der Waals surface area contributed by atoms with Crippen molar-refractivity contribution in [2.24, 2.45) is 10.8 Å². The van der Waals surface area contributed by atoms with Crippen LogP contribution in [0.2, 0.25) is 0 Å². The molecule has 0 aromatic carbocycles. The maximum absolute atomic E-state index is 11.2. The Balaban J connectivity index is 2.12. The molecule has 0 radical (unpaired) electrons. The Bertz CT molecular complexity index is 359. The van der Waals surface area contributed by atoms with Crippen molar-refractivity contribution in [2.45, 2.75) is 39.7 Å². The van der Waals surface area contributed by atoms with Gasteiger partial charge in [0.15, 0.2) is 0 Å². The van der Waals surface area contributed by atoms with Crippen LogP contribution in [0.15, 0.2) is 11.8 Å². The third-order valence-corrected chi connectivity index (χ3v) is 3.89. The zero-order chi connectivity index (χ0) is 12.8. The number of hydrogen-bond acceptors (Lipinski definition) is 2. The van der Waals surface area contributed by atoms with E-state index in [0.29, 0.717) is 6.54 Å². The van der Waals surface area contributed by atoms with Crippen molar-refractivity contribution in [1.82, 2.24) is 4.90 Å². The lowest BCUT2D eigenvalue weighted by Gasteiger charge is -2.65. The molecule has 1 N–H and O–H groups in total. The van der Waals surface area contributed by atoms with E-state index in [-0.39, 0.29) is 16.9 Å². The molecular weight excluding hydrogens is 218 g/mol. The molecule has 4 heteroatoms. The standard InChI is InChI=1S/C13H21NO3/c1-12(2,3)10-13(8-14(10)11(15)16)5-9(6-13)7-17-4/h7,10H,5-6,8H2,1-4H3,(H,15,16). The minimum atomic E-state index is -0.792. The van der Waals surface area contributed by atoms with Gasteiger partial charge >= 0.3 is 6.09 Å². The van der Waals surface area contributed by atoms with E-state index < -0.39 is 6.09 Å². The van der Waals surface area contributed by atoms with Crippen LogP contribution in [0.3, 0.4) is 0 Å². The van der Waals surface area contributed by atoms with Crippen molar-refractivity contribution in [3.05, 3.63) is 11.8 Å². The number of ether oxygens (including phenoxy) is 1. The van der Waals surface area contributed by atoms with E-state index in [0.717, 1.165) is 12.8 Å². The topological polar surface area (TPSA) is 49.8 Å². The molecule has 96 valence electrons. The first-order valence-electron chi connectivity index (χ1n) is 6.00. The molecule has 1 spiro atoms. The minimum Gasteiger partial charge on any atom is -0.504 e. The molecule has 2 fully saturated rings. The van der Waals surface area contributed by atoms with Gasteiger partial charge in [-0.25, -0.2) is 4.79 Å². The molecule has 1 aliphatic heterocycles. The molecule has 1 heterocycles. The highest BCUT2D eigenvalue weighted by molar-refractivity contribution is 5.68. The van der Waals surface area contributed by atoms with Crippen LogP contribution in [0.25, 0.3) is 0 Å². The van der Waals surface area contributed by atoms with E-state index in [1.165, 1.54) is 5.57 Å². The van der Waals surface area contributed by atoms with Gasteiger partial charge in [0.05, 0.1) is 13.4 Å². The van der Waals surface area contributed by atoms with Crippen LogP contribution in [0.5, 0.6) is 0 Å². The first kappa shape index (κ1) is 12.3. The highest BCUT2D eigenvalue weighted by Gasteiger charge is 2.62. The van der Waals surface area contributed by atoms with Gasteiger partial charge in [0.2, 0.25) is 0 Å². The molecule has 2 aliphatic rings. The summed E-state index contributed by atoms with van der Waals surface area (Å²) in [6, 6.07) is 0.126. The molecule has 1 unspecified atom stereocenters. The summed E-state index contributed by atoms with van der Waals surface area (Å²) in [7, 11) is 1.66. The fourth-order valence-electron chi connectivity index (χ4n) is 3.71. The highest BCUT2D eigenvalue weighted by atomic mass is 16.5. The number of allylic oxidation sites excluding steroid dienone is 1. The van der Waals surface area contributed by atoms with Crippen molar-refractivity contribution < 1.29 is 14.6 Å². The summed E-state index contributed by atoms with van der Waals surface area (Å²) >= 11 is 0. The van der Waals surface area contributed by atoms with Crippen LogP contribution in [0.4, 0.5) is 4.79 Å². The first-order chi connectivity index (χ1) is 7.80. The first-order valence-corrected chi connectivity index (χ1v) is 6.00. The SMILES string of the molecule is COC=C1CC2(C1)CN(C(=O)O)C2C(C)(C)C. The van der Waals surface area contributed by atoms with E-state index >= 15 is 0 Å². The smallest absolute Gasteiger partial charge is 0.407 e. The molecule has 17 heavy (non-hydrogen) atoms. The predicted molar refractivity (Wildman–Crippen MR) is 64.7 cm³/mol. The minimum absolute atomic E-state index is 0.00472. The van der Waals surface area contributed by atoms with Crippen molar-refractivity contribution in [3.8, 4) is 0 Å². The number of likely N-dealkylation sites (tertiary alicyclic amines) is 1. The number of hydrogen-bond donors (Lipinski definition) is 1. The second kappa shape index (κ2) is 3.65. The summed E-state index contributed by atoms with van der Waals surface area (Å²) in [6.45, 7) is 7.02. The van der Waals surface area contributed by atoms with Gasteiger partial charge in [-0.1, -0.05) is 20.8 Å². The van der Waals surface area contributed by atoms with Gasteiger partial charge in [0.1, 0.15) is 0 Å². The number of nitrogens with zero attached hydrogens (tertiary/aromatic N) is 1. The van der Waals surface area contributed by atoms with Gasteiger partial charge < -0.3 is 14.7 Å². The third kappa shape index (κ3) is 1.79. The second-order valence-corrected chi connectivity index (χ2v) is 6.41. The largest absolute Gasteiger partial charge is 0.504 e. The molecule has 2 rings (SSSR count). The van der Waals surface area contributed by atoms with Crippen LogP contribution in [-0.2, 0) is 4.74 Å². The molecule has 1 saturated heterocycles. The van der Waals surface area contributed by atoms with Crippen LogP contribution >= 0.6 is 0 Å². The molecule has 4 nitrogen and oxygen atoms in total. The van der Waals surface area contributed by atoms with Crippen molar-refractivity contribution in [3.63, 3.8) is 0 Å². The zero-order valence-electron chi connectivity index (χ0n) is 11.0. The predicted octanol–water partition coefficient (Wildman–Crippen LogP) is 2.71. The number of rotatable bonds is 1. The second-order valence-electron chi connectivity index (χ2n) is 6.41. The molecule has 1 atom stereocenters. The van der Waals surface area contributed by atoms with Gasteiger partial charge in [-0.15, -0.1) is 0 Å². The Kier molecular flexibility index (Phi) is 2.64. The summed E-state index contributed by atoms with van der Waals surface area (Å²) in [6.07, 6.45) is 2.97. The molecule has 1 amide bonds. The monoisotopic (exact) mass is 239 g/mol. The molecule has 0 aromatic rings. The number of methoxy groups -OCH3 is 1. The molecule has 0 aromatic heterocycles. The lowest BCUT2D eigenvalue weighted by Crippen LogP contribution is -2.73. The Morgan fingerprint density at radius 1 is 1.53 bits per heavy atom. The van der Waals surface area contributed by atoms with Gasteiger partial charge in [-0.2, -0.15) is 0 Å². The van der Waals surface area contributed by atoms with Gasteiger partial charge in [-0.05, 0) is 23.8 Å². The Labute approximate surface area is 102 Å². The van der Waals surface area contributed by atoms with Gasteiger partial charge in [0.25, 0.3) is 0 Å². The highest BCUT2D eigenvalue weighted by Crippen LogP contribution is 2.60. The molecule has 1 aliphatic carbocycles. The van der Waals surface area contributed by atoms with Crippen LogP contribution in [0, 0.1) is 10.8 Å². The summed E-state index contributed by atoms with van der Waals surface area (Å²) < 4.78 is 5.01. The maximum Gasteiger partial charge on any atom is 0.407 e. The Hall–Kier alpha value is -1.19. The lowest BCUT2D eigenvalue weighted by molar-refractivity contribution is -0.129. The summed E-state index contributed by atoms with van der Waals surface area (Å²) in [5.41, 5.74) is 1.46. The van der Waals surface area contributed by atoms with Crippen LogP contribution in [0.1, 0.15) is 33.6 Å². The molecular formula is C13H21NO3. The molecule has 0 bridgehead atoms. The number of carbonyl (C=O) groups is 1. The summed E-state index contributed by atoms with van der Waals surface area (Å²) in [4.78, 5) is 12.7. The van der Waals surface area contributed by atoms with Gasteiger partial charge in [0, 0.05) is 18.0 Å². The zero-order valence-corrected chi connectivity index (χ0v) is 11.0. The lowest BCUT2D eigenvalue weighted by atomic mass is 9.51. The fraction of sp³-hybridized carbons (Fsp3) is 0.769. The van der Waals surface area contributed by atoms with E-state index in [1.54, 1.807) is 18.3 Å². The van der Waals surface area contributed by atoms with Crippen LogP contribution in [-0.4, -0.2) is 35.8 Å². The van der Waals surface area contributed by atoms with Crippen molar-refractivity contribution >= 4 is 6.09 Å². The number of carboxylic acid groups (broad SMARTS) is 1. The normalized spacial score (nSPS) is 31.9. The molecule has 1 saturated carbocycles. The van der Waals surface area contributed by atoms with E-state index in [9.17, 15) is 9.90 Å². The van der Waals surface area contributed by atoms with Crippen molar-refractivity contribution in [2.75, 3.05) is 13.7 Å². The fourth-order valence-corrected chi connectivity index (χ4v) is 3.71. The maximum atomic E-state index is 11.2. The third-order valence-electron chi connectivity index (χ3n) is 3.89. The number of amides is 1. The Morgan fingerprint density at radius 2 is 2.12 bits per heavy atom.